The van der Waals surface area contributed by atoms with Gasteiger partial charge in [-0.25, -0.2) is 0 Å². The van der Waals surface area contributed by atoms with E-state index in [-0.39, 0.29) is 0 Å². The first-order valence-electron chi connectivity index (χ1n) is 7.44. The van der Waals surface area contributed by atoms with Crippen molar-refractivity contribution in [3.8, 4) is 17.2 Å². The summed E-state index contributed by atoms with van der Waals surface area (Å²) in [6, 6.07) is 3.13. The van der Waals surface area contributed by atoms with Crippen LogP contribution in [0.4, 0.5) is 0 Å². The van der Waals surface area contributed by atoms with Crippen LogP contribution in [0.25, 0.3) is 0 Å². The first kappa shape index (κ1) is 16.4. The Hall–Kier alpha value is -1.95. The largest absolute Gasteiger partial charge is 0.493 e. The quantitative estimate of drug-likeness (QED) is 0.803. The van der Waals surface area contributed by atoms with Crippen molar-refractivity contribution < 1.29 is 24.1 Å². The maximum Gasteiger partial charge on any atom is 0.320 e. The van der Waals surface area contributed by atoms with Gasteiger partial charge in [0.2, 0.25) is 5.75 Å². The van der Waals surface area contributed by atoms with Gasteiger partial charge in [-0.15, -0.1) is 0 Å². The molecule has 22 heavy (non-hydrogen) atoms. The number of aliphatic carboxylic acids is 1. The first-order chi connectivity index (χ1) is 10.5. The highest BCUT2D eigenvalue weighted by molar-refractivity contribution is 5.73. The van der Waals surface area contributed by atoms with Crippen molar-refractivity contribution in [3.05, 3.63) is 17.7 Å². The van der Waals surface area contributed by atoms with Crippen molar-refractivity contribution in [1.29, 1.82) is 0 Å². The number of carboxylic acid groups (broad SMARTS) is 1. The molecule has 122 valence electrons. The topological polar surface area (TPSA) is 77.0 Å². The van der Waals surface area contributed by atoms with Gasteiger partial charge in [-0.2, -0.15) is 0 Å². The van der Waals surface area contributed by atoms with E-state index in [9.17, 15) is 9.90 Å². The number of carbonyl (C=O) groups is 1. The number of hydrogen-bond acceptors (Lipinski definition) is 5. The molecule has 0 fully saturated rings. The maximum absolute atomic E-state index is 11.3. The number of rotatable bonds is 7. The molecule has 6 heteroatoms. The van der Waals surface area contributed by atoms with Crippen molar-refractivity contribution in [1.82, 2.24) is 5.32 Å². The first-order valence-corrected chi connectivity index (χ1v) is 7.44. The Morgan fingerprint density at radius 2 is 2.09 bits per heavy atom. The van der Waals surface area contributed by atoms with E-state index in [0.29, 0.717) is 49.3 Å². The Kier molecular flexibility index (Phi) is 5.49. The highest BCUT2D eigenvalue weighted by Gasteiger charge is 2.21. The zero-order valence-electron chi connectivity index (χ0n) is 13.2. The second-order valence-electron chi connectivity index (χ2n) is 5.72. The number of hydrogen-bond donors (Lipinski definition) is 2. The third-order valence-electron chi connectivity index (χ3n) is 3.45. The van der Waals surface area contributed by atoms with E-state index in [4.69, 9.17) is 14.2 Å². The van der Waals surface area contributed by atoms with Gasteiger partial charge in [-0.1, -0.05) is 13.8 Å². The fourth-order valence-corrected chi connectivity index (χ4v) is 2.41. The molecule has 0 aromatic heterocycles. The molecule has 0 saturated heterocycles. The SMILES string of the molecule is COc1cc(CNC(CC(C)C)C(=O)O)cc2c1OCCO2. The third-order valence-corrected chi connectivity index (χ3v) is 3.45. The molecular formula is C16H23NO5. The van der Waals surface area contributed by atoms with Crippen molar-refractivity contribution in [3.63, 3.8) is 0 Å². The van der Waals surface area contributed by atoms with Gasteiger partial charge < -0.3 is 24.6 Å². The molecular weight excluding hydrogens is 286 g/mol. The maximum atomic E-state index is 11.3. The second-order valence-corrected chi connectivity index (χ2v) is 5.72. The van der Waals surface area contributed by atoms with E-state index < -0.39 is 12.0 Å². The lowest BCUT2D eigenvalue weighted by Crippen LogP contribution is -2.37. The van der Waals surface area contributed by atoms with Gasteiger partial charge in [-0.3, -0.25) is 4.79 Å². The molecule has 0 bridgehead atoms. The van der Waals surface area contributed by atoms with E-state index in [1.165, 1.54) is 0 Å². The standard InChI is InChI=1S/C16H23NO5/c1-10(2)6-12(16(18)19)17-9-11-7-13(20-3)15-14(8-11)21-4-5-22-15/h7-8,10,12,17H,4-6,9H2,1-3H3,(H,18,19). The van der Waals surface area contributed by atoms with Gasteiger partial charge in [0, 0.05) is 6.54 Å². The van der Waals surface area contributed by atoms with Gasteiger partial charge in [0.25, 0.3) is 0 Å². The molecule has 0 radical (unpaired) electrons. The minimum atomic E-state index is -0.835. The normalized spacial score (nSPS) is 14.7. The van der Waals surface area contributed by atoms with Crippen LogP contribution in [0.3, 0.4) is 0 Å². The fourth-order valence-electron chi connectivity index (χ4n) is 2.41. The summed E-state index contributed by atoms with van der Waals surface area (Å²) < 4.78 is 16.5. The lowest BCUT2D eigenvalue weighted by molar-refractivity contribution is -0.140. The van der Waals surface area contributed by atoms with Crippen LogP contribution in [-0.4, -0.2) is 37.4 Å². The Labute approximate surface area is 130 Å². The zero-order valence-corrected chi connectivity index (χ0v) is 13.2. The lowest BCUT2D eigenvalue weighted by atomic mass is 10.0. The summed E-state index contributed by atoms with van der Waals surface area (Å²) in [6.45, 7) is 5.43. The summed E-state index contributed by atoms with van der Waals surface area (Å²) in [5, 5.41) is 12.3. The molecule has 1 atom stereocenters. The predicted octanol–water partition coefficient (Wildman–Crippen LogP) is 2.06. The smallest absolute Gasteiger partial charge is 0.320 e. The van der Waals surface area contributed by atoms with Crippen molar-refractivity contribution in [2.45, 2.75) is 32.9 Å². The number of carboxylic acids is 1. The summed E-state index contributed by atoms with van der Waals surface area (Å²) >= 11 is 0. The monoisotopic (exact) mass is 309 g/mol. The van der Waals surface area contributed by atoms with E-state index in [2.05, 4.69) is 5.32 Å². The summed E-state index contributed by atoms with van der Waals surface area (Å²) in [4.78, 5) is 11.3. The summed E-state index contributed by atoms with van der Waals surface area (Å²) in [5.74, 6) is 1.32. The number of fused-ring (bicyclic) bond motifs is 1. The minimum absolute atomic E-state index is 0.309. The van der Waals surface area contributed by atoms with Crippen LogP contribution in [0.15, 0.2) is 12.1 Å². The highest BCUT2D eigenvalue weighted by atomic mass is 16.6. The minimum Gasteiger partial charge on any atom is -0.493 e. The molecule has 0 aliphatic carbocycles. The molecule has 2 N–H and O–H groups in total. The van der Waals surface area contributed by atoms with Crippen LogP contribution in [0.2, 0.25) is 0 Å². The van der Waals surface area contributed by atoms with E-state index in [1.807, 2.05) is 26.0 Å². The Morgan fingerprint density at radius 3 is 2.73 bits per heavy atom. The summed E-state index contributed by atoms with van der Waals surface area (Å²) in [5.41, 5.74) is 0.899. The van der Waals surface area contributed by atoms with Crippen molar-refractivity contribution in [2.75, 3.05) is 20.3 Å². The number of nitrogens with one attached hydrogen (secondary N) is 1. The molecule has 1 aliphatic rings. The summed E-state index contributed by atoms with van der Waals surface area (Å²) in [7, 11) is 1.57. The molecule has 0 amide bonds. The molecule has 6 nitrogen and oxygen atoms in total. The van der Waals surface area contributed by atoms with Gasteiger partial charge >= 0.3 is 5.97 Å². The summed E-state index contributed by atoms with van der Waals surface area (Å²) in [6.07, 6.45) is 0.580. The molecule has 2 rings (SSSR count). The zero-order chi connectivity index (χ0) is 16.1. The molecule has 0 saturated carbocycles. The van der Waals surface area contributed by atoms with Gasteiger partial charge in [0.15, 0.2) is 11.5 Å². The van der Waals surface area contributed by atoms with Crippen LogP contribution in [-0.2, 0) is 11.3 Å². The van der Waals surface area contributed by atoms with E-state index in [0.717, 1.165) is 5.56 Å². The lowest BCUT2D eigenvalue weighted by Gasteiger charge is -2.22. The van der Waals surface area contributed by atoms with Gasteiger partial charge in [0.1, 0.15) is 19.3 Å². The molecule has 1 heterocycles. The fraction of sp³-hybridized carbons (Fsp3) is 0.562. The van der Waals surface area contributed by atoms with Crippen molar-refractivity contribution >= 4 is 5.97 Å². The van der Waals surface area contributed by atoms with E-state index in [1.54, 1.807) is 7.11 Å². The molecule has 1 aliphatic heterocycles. The second kappa shape index (κ2) is 7.35. The third kappa shape index (κ3) is 4.04. The van der Waals surface area contributed by atoms with Crippen LogP contribution < -0.4 is 19.5 Å². The van der Waals surface area contributed by atoms with Gasteiger partial charge in [0.05, 0.1) is 7.11 Å². The van der Waals surface area contributed by atoms with E-state index >= 15 is 0 Å². The van der Waals surface area contributed by atoms with Crippen molar-refractivity contribution in [2.24, 2.45) is 5.92 Å². The van der Waals surface area contributed by atoms with Crippen LogP contribution >= 0.6 is 0 Å². The number of methoxy groups -OCH3 is 1. The number of benzene rings is 1. The molecule has 1 aromatic carbocycles. The number of ether oxygens (including phenoxy) is 3. The van der Waals surface area contributed by atoms with Crippen LogP contribution in [0, 0.1) is 5.92 Å². The average molecular weight is 309 g/mol. The Bertz CT molecular complexity index is 512. The highest BCUT2D eigenvalue weighted by Crippen LogP contribution is 2.40. The van der Waals surface area contributed by atoms with Gasteiger partial charge in [-0.05, 0) is 30.0 Å². The Balaban J connectivity index is 2.10. The molecule has 0 spiro atoms. The average Bonchev–Trinajstić information content (AvgIpc) is 2.49. The molecule has 1 unspecified atom stereocenters. The molecule has 1 aromatic rings. The van der Waals surface area contributed by atoms with Crippen LogP contribution in [0.5, 0.6) is 17.2 Å². The van der Waals surface area contributed by atoms with Crippen LogP contribution in [0.1, 0.15) is 25.8 Å². The Morgan fingerprint density at radius 1 is 1.36 bits per heavy atom. The predicted molar refractivity (Wildman–Crippen MR) is 81.7 cm³/mol.